The second-order valence-corrected chi connectivity index (χ2v) is 5.28. The number of rotatable bonds is 5. The second-order valence-electron chi connectivity index (χ2n) is 5.28. The SMILES string of the molecule is Cc1ccccc1CN(C)CC(N)c1ccc(F)cc1. The minimum atomic E-state index is -0.228. The summed E-state index contributed by atoms with van der Waals surface area (Å²) in [5.41, 5.74) is 9.73. The lowest BCUT2D eigenvalue weighted by molar-refractivity contribution is 0.304. The van der Waals surface area contributed by atoms with Crippen molar-refractivity contribution in [3.05, 3.63) is 71.0 Å². The van der Waals surface area contributed by atoms with Gasteiger partial charge in [0.05, 0.1) is 0 Å². The van der Waals surface area contributed by atoms with E-state index in [1.807, 2.05) is 6.07 Å². The zero-order valence-electron chi connectivity index (χ0n) is 12.0. The van der Waals surface area contributed by atoms with Gasteiger partial charge in [0.15, 0.2) is 0 Å². The molecule has 0 aliphatic heterocycles. The highest BCUT2D eigenvalue weighted by Crippen LogP contribution is 2.15. The molecule has 106 valence electrons. The van der Waals surface area contributed by atoms with Crippen LogP contribution in [0.2, 0.25) is 0 Å². The lowest BCUT2D eigenvalue weighted by atomic mass is 10.1. The largest absolute Gasteiger partial charge is 0.323 e. The van der Waals surface area contributed by atoms with Crippen molar-refractivity contribution in [1.82, 2.24) is 4.90 Å². The summed E-state index contributed by atoms with van der Waals surface area (Å²) in [4.78, 5) is 2.19. The fraction of sp³-hybridized carbons (Fsp3) is 0.294. The first-order valence-electron chi connectivity index (χ1n) is 6.80. The number of nitrogens with zero attached hydrogens (tertiary/aromatic N) is 1. The fourth-order valence-corrected chi connectivity index (χ4v) is 2.29. The highest BCUT2D eigenvalue weighted by Gasteiger charge is 2.10. The maximum absolute atomic E-state index is 12.9. The van der Waals surface area contributed by atoms with Crippen LogP contribution in [-0.2, 0) is 6.54 Å². The van der Waals surface area contributed by atoms with E-state index < -0.39 is 0 Å². The monoisotopic (exact) mass is 272 g/mol. The Hall–Kier alpha value is -1.71. The molecule has 1 atom stereocenters. The van der Waals surface area contributed by atoms with Crippen molar-refractivity contribution in [3.8, 4) is 0 Å². The quantitative estimate of drug-likeness (QED) is 0.905. The van der Waals surface area contributed by atoms with Crippen molar-refractivity contribution in [2.24, 2.45) is 5.73 Å². The lowest BCUT2D eigenvalue weighted by Gasteiger charge is -2.22. The molecule has 2 nitrogen and oxygen atoms in total. The summed E-state index contributed by atoms with van der Waals surface area (Å²) < 4.78 is 12.9. The molecule has 3 heteroatoms. The average Bonchev–Trinajstić information content (AvgIpc) is 2.42. The van der Waals surface area contributed by atoms with Crippen LogP contribution in [0.4, 0.5) is 4.39 Å². The van der Waals surface area contributed by atoms with Crippen LogP contribution in [0.15, 0.2) is 48.5 Å². The van der Waals surface area contributed by atoms with Crippen molar-refractivity contribution in [3.63, 3.8) is 0 Å². The van der Waals surface area contributed by atoms with Gasteiger partial charge in [-0.2, -0.15) is 0 Å². The summed E-state index contributed by atoms with van der Waals surface area (Å²) in [6.07, 6.45) is 0. The van der Waals surface area contributed by atoms with Gasteiger partial charge in [-0.05, 0) is 42.8 Å². The van der Waals surface area contributed by atoms with E-state index in [1.165, 1.54) is 23.3 Å². The zero-order chi connectivity index (χ0) is 14.5. The van der Waals surface area contributed by atoms with Crippen molar-refractivity contribution < 1.29 is 4.39 Å². The third-order valence-corrected chi connectivity index (χ3v) is 3.51. The van der Waals surface area contributed by atoms with Crippen molar-refractivity contribution in [2.75, 3.05) is 13.6 Å². The molecule has 0 bridgehead atoms. The maximum Gasteiger partial charge on any atom is 0.123 e. The maximum atomic E-state index is 12.9. The number of aryl methyl sites for hydroxylation is 1. The van der Waals surface area contributed by atoms with Gasteiger partial charge in [0.2, 0.25) is 0 Å². The molecule has 2 aromatic carbocycles. The van der Waals surface area contributed by atoms with Crippen LogP contribution in [0.25, 0.3) is 0 Å². The normalized spacial score (nSPS) is 12.7. The van der Waals surface area contributed by atoms with Gasteiger partial charge in [-0.15, -0.1) is 0 Å². The minimum Gasteiger partial charge on any atom is -0.323 e. The first-order chi connectivity index (χ1) is 9.56. The molecular weight excluding hydrogens is 251 g/mol. The van der Waals surface area contributed by atoms with Gasteiger partial charge in [-0.3, -0.25) is 0 Å². The number of likely N-dealkylation sites (N-methyl/N-ethyl adjacent to an activating group) is 1. The van der Waals surface area contributed by atoms with Gasteiger partial charge < -0.3 is 10.6 Å². The van der Waals surface area contributed by atoms with Crippen LogP contribution in [0.5, 0.6) is 0 Å². The number of hydrogen-bond donors (Lipinski definition) is 1. The summed E-state index contributed by atoms with van der Waals surface area (Å²) in [7, 11) is 2.05. The number of hydrogen-bond acceptors (Lipinski definition) is 2. The summed E-state index contributed by atoms with van der Waals surface area (Å²) in [6.45, 7) is 3.71. The van der Waals surface area contributed by atoms with Crippen LogP contribution < -0.4 is 5.73 Å². The van der Waals surface area contributed by atoms with Gasteiger partial charge in [-0.25, -0.2) is 4.39 Å². The van der Waals surface area contributed by atoms with Crippen molar-refractivity contribution in [2.45, 2.75) is 19.5 Å². The van der Waals surface area contributed by atoms with E-state index in [0.29, 0.717) is 0 Å². The van der Waals surface area contributed by atoms with Gasteiger partial charge in [0, 0.05) is 19.1 Å². The molecule has 0 saturated heterocycles. The van der Waals surface area contributed by atoms with E-state index in [1.54, 1.807) is 12.1 Å². The molecule has 2 N–H and O–H groups in total. The van der Waals surface area contributed by atoms with Crippen LogP contribution in [0.3, 0.4) is 0 Å². The van der Waals surface area contributed by atoms with Crippen molar-refractivity contribution >= 4 is 0 Å². The molecule has 0 spiro atoms. The van der Waals surface area contributed by atoms with Crippen molar-refractivity contribution in [1.29, 1.82) is 0 Å². The van der Waals surface area contributed by atoms with Crippen LogP contribution in [0.1, 0.15) is 22.7 Å². The van der Waals surface area contributed by atoms with Crippen LogP contribution >= 0.6 is 0 Å². The van der Waals surface area contributed by atoms with E-state index in [0.717, 1.165) is 18.7 Å². The Labute approximate surface area is 120 Å². The summed E-state index contributed by atoms with van der Waals surface area (Å²) in [5.74, 6) is -0.228. The second kappa shape index (κ2) is 6.64. The Kier molecular flexibility index (Phi) is 4.88. The summed E-state index contributed by atoms with van der Waals surface area (Å²) in [6, 6.07) is 14.7. The molecule has 0 fully saturated rings. The number of nitrogens with two attached hydrogens (primary N) is 1. The minimum absolute atomic E-state index is 0.107. The molecular formula is C17H21FN2. The fourth-order valence-electron chi connectivity index (χ4n) is 2.29. The number of benzene rings is 2. The average molecular weight is 272 g/mol. The predicted octanol–water partition coefficient (Wildman–Crippen LogP) is 3.27. The molecule has 2 aromatic rings. The first kappa shape index (κ1) is 14.7. The molecule has 0 aliphatic rings. The molecule has 0 aliphatic carbocycles. The third kappa shape index (κ3) is 3.89. The molecule has 1 unspecified atom stereocenters. The predicted molar refractivity (Wildman–Crippen MR) is 80.8 cm³/mol. The van der Waals surface area contributed by atoms with Gasteiger partial charge in [-0.1, -0.05) is 36.4 Å². The molecule has 0 heterocycles. The molecule has 0 aromatic heterocycles. The Bertz CT molecular complexity index is 551. The molecule has 0 radical (unpaired) electrons. The van der Waals surface area contributed by atoms with Gasteiger partial charge in [0.25, 0.3) is 0 Å². The number of halogens is 1. The summed E-state index contributed by atoms with van der Waals surface area (Å²) in [5, 5.41) is 0. The summed E-state index contributed by atoms with van der Waals surface area (Å²) >= 11 is 0. The Morgan fingerprint density at radius 1 is 1.10 bits per heavy atom. The van der Waals surface area contributed by atoms with E-state index in [-0.39, 0.29) is 11.9 Å². The van der Waals surface area contributed by atoms with Crippen LogP contribution in [-0.4, -0.2) is 18.5 Å². The van der Waals surface area contributed by atoms with E-state index in [9.17, 15) is 4.39 Å². The smallest absolute Gasteiger partial charge is 0.123 e. The van der Waals surface area contributed by atoms with E-state index >= 15 is 0 Å². The Morgan fingerprint density at radius 3 is 2.40 bits per heavy atom. The Morgan fingerprint density at radius 2 is 1.75 bits per heavy atom. The zero-order valence-corrected chi connectivity index (χ0v) is 12.0. The highest BCUT2D eigenvalue weighted by molar-refractivity contribution is 5.25. The molecule has 20 heavy (non-hydrogen) atoms. The van der Waals surface area contributed by atoms with Gasteiger partial charge >= 0.3 is 0 Å². The van der Waals surface area contributed by atoms with Crippen LogP contribution in [0, 0.1) is 12.7 Å². The van der Waals surface area contributed by atoms with Gasteiger partial charge in [0.1, 0.15) is 5.82 Å². The molecule has 0 amide bonds. The Balaban J connectivity index is 1.96. The molecule has 0 saturated carbocycles. The lowest BCUT2D eigenvalue weighted by Crippen LogP contribution is -2.29. The van der Waals surface area contributed by atoms with E-state index in [4.69, 9.17) is 5.73 Å². The highest BCUT2D eigenvalue weighted by atomic mass is 19.1. The third-order valence-electron chi connectivity index (χ3n) is 3.51. The van der Waals surface area contributed by atoms with E-state index in [2.05, 4.69) is 37.1 Å². The topological polar surface area (TPSA) is 29.3 Å². The first-order valence-corrected chi connectivity index (χ1v) is 6.80. The molecule has 2 rings (SSSR count). The standard InChI is InChI=1S/C17H21FN2/c1-13-5-3-4-6-15(13)11-20(2)12-17(19)14-7-9-16(18)10-8-14/h3-10,17H,11-12,19H2,1-2H3.